The third-order valence-corrected chi connectivity index (χ3v) is 6.90. The number of halogens is 1. The standard InChI is InChI=1S/C23H34N6S.HI/c1-19-6-5-7-20(16-19)17-27-12-14-28(15-13-27)22(24-2)25-9-8-21-18-30-23(26-21)29-10-3-4-11-29;/h5-7,16,18H,3-4,8-15,17H2,1-2H3,(H,24,25);1H. The van der Waals surface area contributed by atoms with Crippen molar-refractivity contribution in [2.24, 2.45) is 4.99 Å². The van der Waals surface area contributed by atoms with Crippen LogP contribution in [-0.4, -0.2) is 73.6 Å². The van der Waals surface area contributed by atoms with Crippen molar-refractivity contribution < 1.29 is 0 Å². The van der Waals surface area contributed by atoms with Gasteiger partial charge >= 0.3 is 0 Å². The van der Waals surface area contributed by atoms with Crippen LogP contribution in [0.2, 0.25) is 0 Å². The minimum absolute atomic E-state index is 0. The fourth-order valence-corrected chi connectivity index (χ4v) is 5.20. The maximum absolute atomic E-state index is 4.83. The molecule has 3 heterocycles. The maximum atomic E-state index is 4.83. The van der Waals surface area contributed by atoms with Crippen molar-refractivity contribution in [2.45, 2.75) is 32.7 Å². The third kappa shape index (κ3) is 6.79. The molecular formula is C23H35IN6S. The summed E-state index contributed by atoms with van der Waals surface area (Å²) in [5.74, 6) is 1.01. The molecule has 0 bridgehead atoms. The van der Waals surface area contributed by atoms with Gasteiger partial charge in [0, 0.05) is 71.2 Å². The fourth-order valence-electron chi connectivity index (χ4n) is 4.29. The van der Waals surface area contributed by atoms with Gasteiger partial charge in [0.1, 0.15) is 0 Å². The van der Waals surface area contributed by atoms with E-state index in [2.05, 4.69) is 61.6 Å². The van der Waals surface area contributed by atoms with Gasteiger partial charge in [-0.3, -0.25) is 9.89 Å². The highest BCUT2D eigenvalue weighted by Gasteiger charge is 2.20. The van der Waals surface area contributed by atoms with Gasteiger partial charge in [0.15, 0.2) is 11.1 Å². The van der Waals surface area contributed by atoms with E-state index in [1.807, 2.05) is 7.05 Å². The Morgan fingerprint density at radius 1 is 1.13 bits per heavy atom. The number of rotatable bonds is 6. The summed E-state index contributed by atoms with van der Waals surface area (Å²) in [6, 6.07) is 8.84. The second kappa shape index (κ2) is 12.0. The van der Waals surface area contributed by atoms with Gasteiger partial charge in [-0.05, 0) is 25.3 Å². The Kier molecular flexibility index (Phi) is 9.40. The number of hydrogen-bond acceptors (Lipinski definition) is 5. The predicted octanol–water partition coefficient (Wildman–Crippen LogP) is 3.61. The zero-order valence-corrected chi connectivity index (χ0v) is 21.9. The molecule has 2 aliphatic rings. The lowest BCUT2D eigenvalue weighted by molar-refractivity contribution is 0.172. The van der Waals surface area contributed by atoms with E-state index in [9.17, 15) is 0 Å². The Balaban J connectivity index is 0.00000272. The molecule has 0 atom stereocenters. The molecule has 0 unspecified atom stereocenters. The summed E-state index contributed by atoms with van der Waals surface area (Å²) < 4.78 is 0. The van der Waals surface area contributed by atoms with Crippen LogP contribution in [0.4, 0.5) is 5.13 Å². The van der Waals surface area contributed by atoms with Gasteiger partial charge in [-0.1, -0.05) is 29.8 Å². The molecule has 170 valence electrons. The van der Waals surface area contributed by atoms with E-state index in [1.54, 1.807) is 11.3 Å². The first-order valence-corrected chi connectivity index (χ1v) is 12.0. The lowest BCUT2D eigenvalue weighted by Gasteiger charge is -2.36. The highest BCUT2D eigenvalue weighted by molar-refractivity contribution is 14.0. The molecule has 1 N–H and O–H groups in total. The van der Waals surface area contributed by atoms with Crippen molar-refractivity contribution in [3.63, 3.8) is 0 Å². The number of guanidine groups is 1. The molecule has 0 spiro atoms. The first-order valence-electron chi connectivity index (χ1n) is 11.1. The van der Waals surface area contributed by atoms with Gasteiger partial charge in [0.25, 0.3) is 0 Å². The van der Waals surface area contributed by atoms with Crippen molar-refractivity contribution >= 4 is 46.4 Å². The number of nitrogens with zero attached hydrogens (tertiary/aromatic N) is 5. The number of thiazole rings is 1. The second-order valence-corrected chi connectivity index (χ2v) is 9.13. The number of anilines is 1. The molecule has 0 amide bonds. The molecule has 1 aromatic heterocycles. The molecule has 2 aliphatic heterocycles. The second-order valence-electron chi connectivity index (χ2n) is 8.29. The average Bonchev–Trinajstić information content (AvgIpc) is 3.44. The number of nitrogens with one attached hydrogen (secondary N) is 1. The van der Waals surface area contributed by atoms with Crippen LogP contribution in [0.15, 0.2) is 34.6 Å². The highest BCUT2D eigenvalue weighted by Crippen LogP contribution is 2.24. The summed E-state index contributed by atoms with van der Waals surface area (Å²) in [6.07, 6.45) is 3.53. The van der Waals surface area contributed by atoms with E-state index in [1.165, 1.54) is 34.8 Å². The van der Waals surface area contributed by atoms with E-state index in [0.29, 0.717) is 0 Å². The Hall–Kier alpha value is -1.39. The largest absolute Gasteiger partial charge is 0.356 e. The molecule has 2 fully saturated rings. The van der Waals surface area contributed by atoms with Crippen molar-refractivity contribution in [2.75, 3.05) is 57.8 Å². The number of hydrogen-bond donors (Lipinski definition) is 1. The molecule has 2 aromatic rings. The smallest absolute Gasteiger partial charge is 0.193 e. The van der Waals surface area contributed by atoms with Crippen LogP contribution in [-0.2, 0) is 13.0 Å². The van der Waals surface area contributed by atoms with Crippen molar-refractivity contribution in [3.05, 3.63) is 46.5 Å². The van der Waals surface area contributed by atoms with E-state index >= 15 is 0 Å². The molecule has 0 radical (unpaired) electrons. The first-order chi connectivity index (χ1) is 14.7. The van der Waals surface area contributed by atoms with Crippen LogP contribution in [0.25, 0.3) is 0 Å². The number of piperazine rings is 1. The van der Waals surface area contributed by atoms with Crippen LogP contribution < -0.4 is 10.2 Å². The lowest BCUT2D eigenvalue weighted by Crippen LogP contribution is -2.52. The van der Waals surface area contributed by atoms with E-state index in [-0.39, 0.29) is 24.0 Å². The number of aromatic nitrogens is 1. The Morgan fingerprint density at radius 3 is 2.61 bits per heavy atom. The SMILES string of the molecule is CN=C(NCCc1csc(N2CCCC2)n1)N1CCN(Cc2cccc(C)c2)CC1.I. The van der Waals surface area contributed by atoms with Crippen LogP contribution in [0.1, 0.15) is 29.7 Å². The Bertz CT molecular complexity index is 840. The van der Waals surface area contributed by atoms with Crippen LogP contribution in [0.5, 0.6) is 0 Å². The molecule has 0 saturated carbocycles. The summed E-state index contributed by atoms with van der Waals surface area (Å²) in [5, 5.41) is 6.95. The van der Waals surface area contributed by atoms with Gasteiger partial charge in [-0.15, -0.1) is 35.3 Å². The average molecular weight is 555 g/mol. The summed E-state index contributed by atoms with van der Waals surface area (Å²) in [4.78, 5) is 16.7. The van der Waals surface area contributed by atoms with Crippen LogP contribution in [0, 0.1) is 6.92 Å². The zero-order valence-electron chi connectivity index (χ0n) is 18.7. The Labute approximate surface area is 207 Å². The van der Waals surface area contributed by atoms with Gasteiger partial charge in [0.05, 0.1) is 5.69 Å². The van der Waals surface area contributed by atoms with Crippen molar-refractivity contribution in [1.29, 1.82) is 0 Å². The molecule has 2 saturated heterocycles. The van der Waals surface area contributed by atoms with E-state index in [0.717, 1.165) is 64.7 Å². The van der Waals surface area contributed by atoms with Gasteiger partial charge in [-0.25, -0.2) is 4.98 Å². The zero-order chi connectivity index (χ0) is 20.8. The molecule has 6 nitrogen and oxygen atoms in total. The van der Waals surface area contributed by atoms with E-state index < -0.39 is 0 Å². The monoisotopic (exact) mass is 554 g/mol. The number of benzene rings is 1. The third-order valence-electron chi connectivity index (χ3n) is 5.95. The predicted molar refractivity (Wildman–Crippen MR) is 142 cm³/mol. The maximum Gasteiger partial charge on any atom is 0.193 e. The lowest BCUT2D eigenvalue weighted by atomic mass is 10.1. The van der Waals surface area contributed by atoms with Crippen LogP contribution in [0.3, 0.4) is 0 Å². The van der Waals surface area contributed by atoms with Gasteiger partial charge in [0.2, 0.25) is 0 Å². The molecule has 4 rings (SSSR count). The minimum atomic E-state index is 0. The molecule has 1 aromatic carbocycles. The summed E-state index contributed by atoms with van der Waals surface area (Å²) in [5.41, 5.74) is 3.93. The summed E-state index contributed by atoms with van der Waals surface area (Å²) in [7, 11) is 1.88. The molecule has 31 heavy (non-hydrogen) atoms. The van der Waals surface area contributed by atoms with Gasteiger partial charge < -0.3 is 15.1 Å². The highest BCUT2D eigenvalue weighted by atomic mass is 127. The van der Waals surface area contributed by atoms with Crippen molar-refractivity contribution in [3.8, 4) is 0 Å². The number of aryl methyl sites for hydroxylation is 1. The number of aliphatic imine (C=N–C) groups is 1. The normalized spacial score (nSPS) is 17.7. The quantitative estimate of drug-likeness (QED) is 0.336. The summed E-state index contributed by atoms with van der Waals surface area (Å²) in [6.45, 7) is 10.6. The minimum Gasteiger partial charge on any atom is -0.356 e. The Morgan fingerprint density at radius 2 is 1.90 bits per heavy atom. The first kappa shape index (κ1) is 24.3. The van der Waals surface area contributed by atoms with E-state index in [4.69, 9.17) is 4.98 Å². The summed E-state index contributed by atoms with van der Waals surface area (Å²) >= 11 is 1.78. The molecular weight excluding hydrogens is 519 g/mol. The fraction of sp³-hybridized carbons (Fsp3) is 0.565. The van der Waals surface area contributed by atoms with Crippen LogP contribution >= 0.6 is 35.3 Å². The van der Waals surface area contributed by atoms with Gasteiger partial charge in [-0.2, -0.15) is 0 Å². The van der Waals surface area contributed by atoms with Crippen molar-refractivity contribution in [1.82, 2.24) is 20.1 Å². The topological polar surface area (TPSA) is 47.0 Å². The molecule has 0 aliphatic carbocycles. The molecule has 8 heteroatoms.